The van der Waals surface area contributed by atoms with Crippen LogP contribution in [0.5, 0.6) is 0 Å². The third-order valence-corrected chi connectivity index (χ3v) is 2.92. The van der Waals surface area contributed by atoms with E-state index >= 15 is 0 Å². The Hall–Kier alpha value is -2.57. The number of amides is 1. The molecular formula is C13H14N2O5. The Balaban J connectivity index is 2.20. The number of oxazole rings is 1. The molecule has 0 spiro atoms. The molecule has 0 fully saturated rings. The highest BCUT2D eigenvalue weighted by Gasteiger charge is 2.19. The number of aliphatic carboxylic acids is 1. The van der Waals surface area contributed by atoms with Crippen molar-refractivity contribution in [1.82, 2.24) is 9.88 Å². The quantitative estimate of drug-likeness (QED) is 0.832. The lowest BCUT2D eigenvalue weighted by molar-refractivity contribution is -0.142. The average Bonchev–Trinajstić information content (AvgIpc) is 2.72. The summed E-state index contributed by atoms with van der Waals surface area (Å²) in [5.74, 6) is -2.30. The third-order valence-electron chi connectivity index (χ3n) is 2.92. The van der Waals surface area contributed by atoms with Crippen LogP contribution in [0.25, 0.3) is 11.1 Å². The van der Waals surface area contributed by atoms with Crippen molar-refractivity contribution in [3.63, 3.8) is 0 Å². The van der Waals surface area contributed by atoms with Crippen LogP contribution in [-0.4, -0.2) is 27.6 Å². The van der Waals surface area contributed by atoms with E-state index in [1.54, 1.807) is 31.2 Å². The summed E-state index contributed by atoms with van der Waals surface area (Å²) < 4.78 is 6.16. The molecule has 0 saturated carbocycles. The molecule has 2 aromatic rings. The van der Waals surface area contributed by atoms with Gasteiger partial charge in [0.25, 0.3) is 0 Å². The molecule has 1 unspecified atom stereocenters. The van der Waals surface area contributed by atoms with Gasteiger partial charge >= 0.3 is 11.7 Å². The molecule has 1 heterocycles. The van der Waals surface area contributed by atoms with Gasteiger partial charge in [-0.25, -0.2) is 9.59 Å². The Bertz CT molecular complexity index is 700. The van der Waals surface area contributed by atoms with E-state index in [4.69, 9.17) is 9.52 Å². The summed E-state index contributed by atoms with van der Waals surface area (Å²) >= 11 is 0. The summed E-state index contributed by atoms with van der Waals surface area (Å²) in [6.45, 7) is 1.37. The minimum absolute atomic E-state index is 0.266. The van der Waals surface area contributed by atoms with Gasteiger partial charge in [-0.2, -0.15) is 0 Å². The Morgan fingerprint density at radius 2 is 2.10 bits per heavy atom. The summed E-state index contributed by atoms with van der Waals surface area (Å²) in [5.41, 5.74) is 0.881. The van der Waals surface area contributed by atoms with Gasteiger partial charge in [-0.3, -0.25) is 9.36 Å². The van der Waals surface area contributed by atoms with Crippen molar-refractivity contribution in [1.29, 1.82) is 0 Å². The van der Waals surface area contributed by atoms with Crippen LogP contribution in [0.3, 0.4) is 0 Å². The number of hydrogen-bond donors (Lipinski definition) is 2. The van der Waals surface area contributed by atoms with E-state index < -0.39 is 23.7 Å². The highest BCUT2D eigenvalue weighted by atomic mass is 16.4. The predicted octanol–water partition coefficient (Wildman–Crippen LogP) is 0.574. The van der Waals surface area contributed by atoms with Crippen LogP contribution < -0.4 is 11.1 Å². The van der Waals surface area contributed by atoms with Crippen LogP contribution in [-0.2, 0) is 16.1 Å². The van der Waals surface area contributed by atoms with Crippen molar-refractivity contribution in [2.75, 3.05) is 0 Å². The number of nitrogens with zero attached hydrogens (tertiary/aromatic N) is 1. The summed E-state index contributed by atoms with van der Waals surface area (Å²) in [5, 5.41) is 11.2. The maximum absolute atomic E-state index is 11.8. The second-order valence-corrected chi connectivity index (χ2v) is 4.29. The maximum atomic E-state index is 11.8. The van der Waals surface area contributed by atoms with Gasteiger partial charge in [0, 0.05) is 0 Å². The van der Waals surface area contributed by atoms with E-state index in [9.17, 15) is 14.4 Å². The SMILES string of the molecule is CCC(NC(=O)Cn1c(=O)oc2ccccc21)C(=O)O. The molecule has 1 amide bonds. The number of hydrogen-bond acceptors (Lipinski definition) is 4. The van der Waals surface area contributed by atoms with Crippen molar-refractivity contribution < 1.29 is 19.1 Å². The number of nitrogens with one attached hydrogen (secondary N) is 1. The zero-order valence-corrected chi connectivity index (χ0v) is 10.8. The lowest BCUT2D eigenvalue weighted by Gasteiger charge is -2.12. The van der Waals surface area contributed by atoms with Crippen LogP contribution in [0, 0.1) is 0 Å². The Morgan fingerprint density at radius 3 is 2.75 bits per heavy atom. The van der Waals surface area contributed by atoms with Crippen LogP contribution in [0.4, 0.5) is 0 Å². The number of benzene rings is 1. The fraction of sp³-hybridized carbons (Fsp3) is 0.308. The molecule has 1 atom stereocenters. The lowest BCUT2D eigenvalue weighted by atomic mass is 10.2. The summed E-state index contributed by atoms with van der Waals surface area (Å²) in [6, 6.07) is 5.75. The first-order chi connectivity index (χ1) is 9.52. The molecule has 0 saturated heterocycles. The Kier molecular flexibility index (Phi) is 3.88. The number of carbonyl (C=O) groups is 2. The van der Waals surface area contributed by atoms with Gasteiger partial charge < -0.3 is 14.8 Å². The molecule has 7 nitrogen and oxygen atoms in total. The maximum Gasteiger partial charge on any atom is 0.420 e. The molecule has 2 rings (SSSR count). The van der Waals surface area contributed by atoms with Gasteiger partial charge in [-0.15, -0.1) is 0 Å². The molecule has 0 aliphatic carbocycles. The number of fused-ring (bicyclic) bond motifs is 1. The van der Waals surface area contributed by atoms with Crippen molar-refractivity contribution in [2.24, 2.45) is 0 Å². The molecule has 0 aliphatic heterocycles. The normalized spacial score (nSPS) is 12.2. The monoisotopic (exact) mass is 278 g/mol. The minimum Gasteiger partial charge on any atom is -0.480 e. The van der Waals surface area contributed by atoms with E-state index in [2.05, 4.69) is 5.32 Å². The summed E-state index contributed by atoms with van der Waals surface area (Å²) in [6.07, 6.45) is 0.266. The fourth-order valence-electron chi connectivity index (χ4n) is 1.89. The van der Waals surface area contributed by atoms with Gasteiger partial charge in [-0.05, 0) is 18.6 Å². The number of aromatic nitrogens is 1. The summed E-state index contributed by atoms with van der Waals surface area (Å²) in [4.78, 5) is 34.3. The summed E-state index contributed by atoms with van der Waals surface area (Å²) in [7, 11) is 0. The van der Waals surface area contributed by atoms with Crippen LogP contribution >= 0.6 is 0 Å². The number of carboxylic acids is 1. The van der Waals surface area contributed by atoms with Crippen molar-refractivity contribution in [3.05, 3.63) is 34.8 Å². The first-order valence-corrected chi connectivity index (χ1v) is 6.13. The number of rotatable bonds is 5. The molecule has 0 aliphatic rings. The van der Waals surface area contributed by atoms with E-state index in [1.807, 2.05) is 0 Å². The second-order valence-electron chi connectivity index (χ2n) is 4.29. The molecule has 1 aromatic heterocycles. The number of carbonyl (C=O) groups excluding carboxylic acids is 1. The Labute approximate surface area is 113 Å². The van der Waals surface area contributed by atoms with Crippen molar-refractivity contribution >= 4 is 23.0 Å². The smallest absolute Gasteiger partial charge is 0.420 e. The standard InChI is InChI=1S/C13H14N2O5/c1-2-8(12(17)18)14-11(16)7-15-9-5-3-4-6-10(9)20-13(15)19/h3-6,8H,2,7H2,1H3,(H,14,16)(H,17,18). The molecule has 0 radical (unpaired) electrons. The second kappa shape index (κ2) is 5.60. The van der Waals surface area contributed by atoms with E-state index in [1.165, 1.54) is 4.57 Å². The van der Waals surface area contributed by atoms with Gasteiger partial charge in [0.05, 0.1) is 5.52 Å². The third kappa shape index (κ3) is 2.71. The predicted molar refractivity (Wildman–Crippen MR) is 70.3 cm³/mol. The van der Waals surface area contributed by atoms with E-state index in [0.29, 0.717) is 11.1 Å². The van der Waals surface area contributed by atoms with Crippen LogP contribution in [0.15, 0.2) is 33.5 Å². The van der Waals surface area contributed by atoms with Gasteiger partial charge in [-0.1, -0.05) is 19.1 Å². The molecule has 1 aromatic carbocycles. The Morgan fingerprint density at radius 1 is 1.40 bits per heavy atom. The first-order valence-electron chi connectivity index (χ1n) is 6.13. The van der Waals surface area contributed by atoms with Crippen LogP contribution in [0.2, 0.25) is 0 Å². The molecule has 0 bridgehead atoms. The topological polar surface area (TPSA) is 102 Å². The van der Waals surface area contributed by atoms with E-state index in [0.717, 1.165) is 0 Å². The molecule has 2 N–H and O–H groups in total. The highest BCUT2D eigenvalue weighted by Crippen LogP contribution is 2.11. The van der Waals surface area contributed by atoms with Gasteiger partial charge in [0.15, 0.2) is 5.58 Å². The van der Waals surface area contributed by atoms with E-state index in [-0.39, 0.29) is 13.0 Å². The molecule has 20 heavy (non-hydrogen) atoms. The number of carboxylic acid groups (broad SMARTS) is 1. The lowest BCUT2D eigenvalue weighted by Crippen LogP contribution is -2.42. The minimum atomic E-state index is -1.11. The first kappa shape index (κ1) is 13.9. The van der Waals surface area contributed by atoms with Crippen molar-refractivity contribution in [3.8, 4) is 0 Å². The zero-order chi connectivity index (χ0) is 14.7. The van der Waals surface area contributed by atoms with Crippen LogP contribution in [0.1, 0.15) is 13.3 Å². The van der Waals surface area contributed by atoms with Gasteiger partial charge in [0.2, 0.25) is 5.91 Å². The molecule has 7 heteroatoms. The van der Waals surface area contributed by atoms with Gasteiger partial charge in [0.1, 0.15) is 12.6 Å². The van der Waals surface area contributed by atoms with Crippen molar-refractivity contribution in [2.45, 2.75) is 25.9 Å². The average molecular weight is 278 g/mol. The molecule has 106 valence electrons. The molecular weight excluding hydrogens is 264 g/mol. The largest absolute Gasteiger partial charge is 0.480 e. The fourth-order valence-corrected chi connectivity index (χ4v) is 1.89. The highest BCUT2D eigenvalue weighted by molar-refractivity contribution is 5.84. The zero-order valence-electron chi connectivity index (χ0n) is 10.8. The number of para-hydroxylation sites is 2.